The highest BCUT2D eigenvalue weighted by Gasteiger charge is 2.28. The van der Waals surface area contributed by atoms with Crippen LogP contribution in [0.25, 0.3) is 0 Å². The van der Waals surface area contributed by atoms with Crippen LogP contribution in [0.4, 0.5) is 4.79 Å². The number of aromatic nitrogens is 1. The van der Waals surface area contributed by atoms with Gasteiger partial charge in [-0.3, -0.25) is 4.79 Å². The lowest BCUT2D eigenvalue weighted by Crippen LogP contribution is -2.43. The van der Waals surface area contributed by atoms with E-state index in [0.29, 0.717) is 61.8 Å². The highest BCUT2D eigenvalue weighted by molar-refractivity contribution is 6.04. The van der Waals surface area contributed by atoms with Crippen molar-refractivity contribution in [1.82, 2.24) is 14.8 Å². The van der Waals surface area contributed by atoms with E-state index in [1.54, 1.807) is 11.5 Å². The van der Waals surface area contributed by atoms with Crippen LogP contribution in [-0.4, -0.2) is 67.2 Å². The Kier molecular flexibility index (Phi) is 9.72. The largest absolute Gasteiger partial charge is 0.464 e. The number of Topliss-reactive ketones (excluding diaryl/α,β-unsaturated/α-hetero) is 1. The van der Waals surface area contributed by atoms with Crippen LogP contribution in [0.2, 0.25) is 0 Å². The van der Waals surface area contributed by atoms with Crippen LogP contribution in [-0.2, 0) is 16.0 Å². The van der Waals surface area contributed by atoms with Gasteiger partial charge in [0.15, 0.2) is 5.78 Å². The minimum Gasteiger partial charge on any atom is -0.464 e. The molecule has 1 aromatic heterocycles. The molecule has 28 heavy (non-hydrogen) atoms. The maximum Gasteiger partial charge on any atom is 0.354 e. The van der Waals surface area contributed by atoms with Crippen molar-refractivity contribution in [3.8, 4) is 0 Å². The number of hydrogen-bond donors (Lipinski definition) is 1. The Hall–Kier alpha value is -2.35. The van der Waals surface area contributed by atoms with E-state index in [-0.39, 0.29) is 18.4 Å². The van der Waals surface area contributed by atoms with Gasteiger partial charge in [-0.05, 0) is 46.6 Å². The SMILES string of the molecule is CCNC(=O)N(CCCOCC)CC(=O)c1c(C)c(C(=O)OC)n(CC)c1C. The van der Waals surface area contributed by atoms with E-state index in [4.69, 9.17) is 9.47 Å². The first-order valence-corrected chi connectivity index (χ1v) is 9.75. The molecule has 0 radical (unpaired) electrons. The molecule has 0 aliphatic carbocycles. The van der Waals surface area contributed by atoms with Crippen molar-refractivity contribution in [2.24, 2.45) is 0 Å². The Balaban J connectivity index is 3.11. The number of urea groups is 1. The first-order chi connectivity index (χ1) is 13.3. The summed E-state index contributed by atoms with van der Waals surface area (Å²) in [7, 11) is 1.32. The lowest BCUT2D eigenvalue weighted by Gasteiger charge is -2.22. The standard InChI is InChI=1S/C20H33N3O5/c1-7-21-20(26)22(11-10-12-28-9-3)13-16(24)17-14(4)18(19(25)27-6)23(8-2)15(17)5/h7-13H2,1-6H3,(H,21,26). The average Bonchev–Trinajstić information content (AvgIpc) is 2.93. The monoisotopic (exact) mass is 395 g/mol. The Bertz CT molecular complexity index is 697. The molecule has 0 unspecified atom stereocenters. The first-order valence-electron chi connectivity index (χ1n) is 9.75. The van der Waals surface area contributed by atoms with E-state index in [1.165, 1.54) is 12.0 Å². The third-order valence-corrected chi connectivity index (χ3v) is 4.61. The molecule has 0 aromatic carbocycles. The van der Waals surface area contributed by atoms with Gasteiger partial charge in [0.1, 0.15) is 5.69 Å². The predicted molar refractivity (Wildman–Crippen MR) is 107 cm³/mol. The van der Waals surface area contributed by atoms with Crippen molar-refractivity contribution in [2.45, 2.75) is 47.6 Å². The second-order valence-corrected chi connectivity index (χ2v) is 6.40. The Morgan fingerprint density at radius 3 is 2.36 bits per heavy atom. The summed E-state index contributed by atoms with van der Waals surface area (Å²) >= 11 is 0. The number of ketones is 1. The molecular formula is C20H33N3O5. The lowest BCUT2D eigenvalue weighted by molar-refractivity contribution is 0.0587. The van der Waals surface area contributed by atoms with Crippen molar-refractivity contribution in [3.63, 3.8) is 0 Å². The van der Waals surface area contributed by atoms with Crippen molar-refractivity contribution < 1.29 is 23.9 Å². The minimum atomic E-state index is -0.473. The summed E-state index contributed by atoms with van der Waals surface area (Å²) < 4.78 is 12.0. The fourth-order valence-electron chi connectivity index (χ4n) is 3.33. The summed E-state index contributed by atoms with van der Waals surface area (Å²) in [5, 5.41) is 2.74. The van der Waals surface area contributed by atoms with E-state index in [2.05, 4.69) is 5.32 Å². The van der Waals surface area contributed by atoms with E-state index in [0.717, 1.165) is 0 Å². The number of ether oxygens (including phenoxy) is 2. The van der Waals surface area contributed by atoms with Crippen molar-refractivity contribution in [3.05, 3.63) is 22.5 Å². The molecule has 0 atom stereocenters. The smallest absolute Gasteiger partial charge is 0.354 e. The summed E-state index contributed by atoms with van der Waals surface area (Å²) in [6.07, 6.45) is 0.638. The molecule has 158 valence electrons. The van der Waals surface area contributed by atoms with Crippen LogP contribution >= 0.6 is 0 Å². The molecule has 0 spiro atoms. The molecule has 8 heteroatoms. The van der Waals surface area contributed by atoms with Gasteiger partial charge < -0.3 is 24.3 Å². The van der Waals surface area contributed by atoms with Gasteiger partial charge in [0, 0.05) is 44.1 Å². The number of amides is 2. The fraction of sp³-hybridized carbons (Fsp3) is 0.650. The van der Waals surface area contributed by atoms with E-state index >= 15 is 0 Å². The highest BCUT2D eigenvalue weighted by Crippen LogP contribution is 2.24. The van der Waals surface area contributed by atoms with Crippen LogP contribution in [0, 0.1) is 13.8 Å². The third-order valence-electron chi connectivity index (χ3n) is 4.61. The number of nitrogens with one attached hydrogen (secondary N) is 1. The molecule has 0 aliphatic heterocycles. The lowest BCUT2D eigenvalue weighted by atomic mass is 10.1. The van der Waals surface area contributed by atoms with Gasteiger partial charge in [0.2, 0.25) is 0 Å². The van der Waals surface area contributed by atoms with Gasteiger partial charge >= 0.3 is 12.0 Å². The zero-order valence-corrected chi connectivity index (χ0v) is 17.9. The molecule has 0 aliphatic rings. The number of esters is 1. The van der Waals surface area contributed by atoms with Gasteiger partial charge in [-0.2, -0.15) is 0 Å². The van der Waals surface area contributed by atoms with Gasteiger partial charge in [-0.15, -0.1) is 0 Å². The van der Waals surface area contributed by atoms with Crippen LogP contribution in [0.15, 0.2) is 0 Å². The van der Waals surface area contributed by atoms with Crippen LogP contribution in [0.1, 0.15) is 59.3 Å². The normalized spacial score (nSPS) is 10.6. The Morgan fingerprint density at radius 2 is 1.82 bits per heavy atom. The van der Waals surface area contributed by atoms with Crippen LogP contribution in [0.3, 0.4) is 0 Å². The van der Waals surface area contributed by atoms with E-state index in [1.807, 2.05) is 27.7 Å². The summed E-state index contributed by atoms with van der Waals surface area (Å²) in [5.74, 6) is -0.672. The molecule has 0 fully saturated rings. The van der Waals surface area contributed by atoms with Crippen molar-refractivity contribution in [1.29, 1.82) is 0 Å². The minimum absolute atomic E-state index is 0.0615. The molecular weight excluding hydrogens is 362 g/mol. The molecule has 1 aromatic rings. The topological polar surface area (TPSA) is 89.9 Å². The second kappa shape index (κ2) is 11.5. The number of carbonyl (C=O) groups is 3. The molecule has 0 saturated carbocycles. The second-order valence-electron chi connectivity index (χ2n) is 6.40. The van der Waals surface area contributed by atoms with Gasteiger partial charge in [-0.25, -0.2) is 9.59 Å². The fourth-order valence-corrected chi connectivity index (χ4v) is 3.33. The molecule has 8 nitrogen and oxygen atoms in total. The number of methoxy groups -OCH3 is 1. The molecule has 0 bridgehead atoms. The van der Waals surface area contributed by atoms with Crippen LogP contribution in [0.5, 0.6) is 0 Å². The van der Waals surface area contributed by atoms with Gasteiger partial charge in [0.25, 0.3) is 0 Å². The number of rotatable bonds is 11. The van der Waals surface area contributed by atoms with Gasteiger partial charge in [-0.1, -0.05) is 0 Å². The van der Waals surface area contributed by atoms with Crippen LogP contribution < -0.4 is 5.32 Å². The molecule has 0 saturated heterocycles. The molecule has 1 heterocycles. The Labute approximate surface area is 167 Å². The maximum atomic E-state index is 13.1. The van der Waals surface area contributed by atoms with E-state index < -0.39 is 5.97 Å². The zero-order chi connectivity index (χ0) is 21.3. The summed E-state index contributed by atoms with van der Waals surface area (Å²) in [6.45, 7) is 11.7. The van der Waals surface area contributed by atoms with Crippen molar-refractivity contribution in [2.75, 3.05) is 40.0 Å². The van der Waals surface area contributed by atoms with Gasteiger partial charge in [0.05, 0.1) is 13.7 Å². The number of hydrogen-bond acceptors (Lipinski definition) is 5. The average molecular weight is 396 g/mol. The molecule has 2 amide bonds. The zero-order valence-electron chi connectivity index (χ0n) is 17.9. The predicted octanol–water partition coefficient (Wildman–Crippen LogP) is 2.55. The summed E-state index contributed by atoms with van der Waals surface area (Å²) in [6, 6.07) is -0.286. The van der Waals surface area contributed by atoms with E-state index in [9.17, 15) is 14.4 Å². The van der Waals surface area contributed by atoms with Crippen molar-refractivity contribution >= 4 is 17.8 Å². The third kappa shape index (κ3) is 5.58. The molecule has 1 N–H and O–H groups in total. The summed E-state index contributed by atoms with van der Waals surface area (Å²) in [5.41, 5.74) is 2.14. The highest BCUT2D eigenvalue weighted by atomic mass is 16.5. The quantitative estimate of drug-likeness (QED) is 0.353. The Morgan fingerprint density at radius 1 is 1.14 bits per heavy atom. The summed E-state index contributed by atoms with van der Waals surface area (Å²) in [4.78, 5) is 39.1. The molecule has 1 rings (SSSR count). The maximum absolute atomic E-state index is 13.1. The number of nitrogens with zero attached hydrogens (tertiary/aromatic N) is 2. The number of carbonyl (C=O) groups excluding carboxylic acids is 3. The first kappa shape index (κ1) is 23.7.